The molecular weight excluding hydrogens is 440 g/mol. The lowest BCUT2D eigenvalue weighted by atomic mass is 9.91. The number of aromatic nitrogens is 2. The number of nitrogens with zero attached hydrogens (tertiary/aromatic N) is 3. The van der Waals surface area contributed by atoms with E-state index in [2.05, 4.69) is 19.2 Å². The number of amides is 2. The maximum atomic E-state index is 13.1. The zero-order chi connectivity index (χ0) is 25.1. The number of likely N-dealkylation sites (tertiary alicyclic amines) is 1. The average Bonchev–Trinajstić information content (AvgIpc) is 3.09. The molecule has 1 aliphatic rings. The quantitative estimate of drug-likeness (QED) is 0.538. The van der Waals surface area contributed by atoms with Gasteiger partial charge in [0, 0.05) is 43.9 Å². The van der Waals surface area contributed by atoms with Crippen molar-refractivity contribution in [2.45, 2.75) is 60.0 Å². The van der Waals surface area contributed by atoms with E-state index in [1.165, 1.54) is 0 Å². The van der Waals surface area contributed by atoms with Crippen molar-refractivity contribution in [3.8, 4) is 0 Å². The number of imidazole rings is 1. The van der Waals surface area contributed by atoms with Gasteiger partial charge in [-0.1, -0.05) is 39.0 Å². The van der Waals surface area contributed by atoms with Crippen molar-refractivity contribution in [2.75, 3.05) is 18.4 Å². The van der Waals surface area contributed by atoms with Gasteiger partial charge in [-0.05, 0) is 61.4 Å². The van der Waals surface area contributed by atoms with Gasteiger partial charge in [0.05, 0.1) is 11.0 Å². The number of carbonyl (C=O) groups is 2. The first-order chi connectivity index (χ1) is 16.8. The summed E-state index contributed by atoms with van der Waals surface area (Å²) in [5, 5.41) is 2.96. The molecule has 2 amide bonds. The molecule has 7 nitrogen and oxygen atoms in total. The Hall–Kier alpha value is -3.35. The van der Waals surface area contributed by atoms with Crippen LogP contribution in [0.25, 0.3) is 11.0 Å². The zero-order valence-corrected chi connectivity index (χ0v) is 21.2. The van der Waals surface area contributed by atoms with Crippen LogP contribution in [0.3, 0.4) is 0 Å². The summed E-state index contributed by atoms with van der Waals surface area (Å²) in [6, 6.07) is 13.2. The molecule has 4 rings (SSSR count). The van der Waals surface area contributed by atoms with Crippen LogP contribution in [0.2, 0.25) is 0 Å². The van der Waals surface area contributed by atoms with E-state index in [0.29, 0.717) is 36.2 Å². The van der Waals surface area contributed by atoms with Crippen LogP contribution in [0, 0.1) is 18.8 Å². The predicted molar refractivity (Wildman–Crippen MR) is 140 cm³/mol. The fourth-order valence-corrected chi connectivity index (χ4v) is 5.26. The molecule has 186 valence electrons. The van der Waals surface area contributed by atoms with Crippen molar-refractivity contribution in [2.24, 2.45) is 11.8 Å². The van der Waals surface area contributed by atoms with E-state index >= 15 is 0 Å². The van der Waals surface area contributed by atoms with E-state index in [1.807, 2.05) is 55.1 Å². The molecule has 3 aromatic rings. The molecule has 1 aromatic heterocycles. The number of nitrogens with one attached hydrogen (secondary N) is 1. The molecule has 2 heterocycles. The topological polar surface area (TPSA) is 76.3 Å². The molecule has 2 aromatic carbocycles. The third-order valence-corrected chi connectivity index (χ3v) is 6.85. The van der Waals surface area contributed by atoms with Gasteiger partial charge in [-0.3, -0.25) is 18.7 Å². The first kappa shape index (κ1) is 24.8. The summed E-state index contributed by atoms with van der Waals surface area (Å²) in [5.41, 5.74) is 3.77. The third-order valence-electron chi connectivity index (χ3n) is 6.85. The molecule has 0 radical (unpaired) electrons. The van der Waals surface area contributed by atoms with Gasteiger partial charge in [-0.2, -0.15) is 0 Å². The van der Waals surface area contributed by atoms with Gasteiger partial charge in [0.15, 0.2) is 0 Å². The lowest BCUT2D eigenvalue weighted by Crippen LogP contribution is -2.42. The second kappa shape index (κ2) is 10.5. The van der Waals surface area contributed by atoms with E-state index in [1.54, 1.807) is 15.2 Å². The summed E-state index contributed by atoms with van der Waals surface area (Å²) >= 11 is 0. The highest BCUT2D eigenvalue weighted by molar-refractivity contribution is 5.98. The van der Waals surface area contributed by atoms with Gasteiger partial charge < -0.3 is 10.2 Å². The van der Waals surface area contributed by atoms with E-state index in [9.17, 15) is 14.4 Å². The highest BCUT2D eigenvalue weighted by Crippen LogP contribution is 2.24. The van der Waals surface area contributed by atoms with Crippen molar-refractivity contribution >= 4 is 28.5 Å². The summed E-state index contributed by atoms with van der Waals surface area (Å²) in [4.78, 5) is 40.9. The molecule has 0 saturated carbocycles. The number of carbonyl (C=O) groups excluding carboxylic acids is 2. The Morgan fingerprint density at radius 1 is 0.971 bits per heavy atom. The number of rotatable bonds is 7. The lowest BCUT2D eigenvalue weighted by Gasteiger charge is -2.35. The third kappa shape index (κ3) is 5.34. The lowest BCUT2D eigenvalue weighted by molar-refractivity contribution is -0.116. The molecule has 7 heteroatoms. The molecule has 0 bridgehead atoms. The number of anilines is 1. The molecule has 2 atom stereocenters. The molecule has 1 fully saturated rings. The molecular formula is C28H36N4O3. The number of benzene rings is 2. The summed E-state index contributed by atoms with van der Waals surface area (Å²) in [7, 11) is 0. The standard InChI is InChI=1S/C28H36N4O3/c1-5-13-31-24-8-6-7-9-25(24)32(28(31)35)14-12-26(33)29-23-16-22(11-10-21(23)4)27(34)30-17-19(2)15-20(3)18-30/h6-11,16,19-20H,5,12-15,17-18H2,1-4H3,(H,29,33). The second-order valence-corrected chi connectivity index (χ2v) is 10.1. The predicted octanol–water partition coefficient (Wildman–Crippen LogP) is 4.67. The van der Waals surface area contributed by atoms with Gasteiger partial charge >= 0.3 is 5.69 Å². The monoisotopic (exact) mass is 476 g/mol. The minimum Gasteiger partial charge on any atom is -0.338 e. The number of aryl methyl sites for hydroxylation is 3. The van der Waals surface area contributed by atoms with Crippen LogP contribution in [0.4, 0.5) is 5.69 Å². The number of hydrogen-bond donors (Lipinski definition) is 1. The smallest absolute Gasteiger partial charge is 0.329 e. The molecule has 1 saturated heterocycles. The van der Waals surface area contributed by atoms with Gasteiger partial charge in [0.1, 0.15) is 0 Å². The van der Waals surface area contributed by atoms with Crippen LogP contribution in [-0.4, -0.2) is 38.9 Å². The van der Waals surface area contributed by atoms with E-state index in [0.717, 1.165) is 42.5 Å². The molecule has 0 aliphatic carbocycles. The Labute approximate surface area is 206 Å². The summed E-state index contributed by atoms with van der Waals surface area (Å²) in [6.45, 7) is 10.8. The average molecular weight is 477 g/mol. The van der Waals surface area contributed by atoms with Crippen LogP contribution in [0.5, 0.6) is 0 Å². The maximum Gasteiger partial charge on any atom is 0.329 e. The Kier molecular flexibility index (Phi) is 7.43. The van der Waals surface area contributed by atoms with Gasteiger partial charge in [-0.25, -0.2) is 4.79 Å². The molecule has 1 aliphatic heterocycles. The number of para-hydroxylation sites is 2. The summed E-state index contributed by atoms with van der Waals surface area (Å²) in [6.07, 6.45) is 2.16. The molecule has 2 unspecified atom stereocenters. The van der Waals surface area contributed by atoms with Crippen molar-refractivity contribution in [3.63, 3.8) is 0 Å². The highest BCUT2D eigenvalue weighted by Gasteiger charge is 2.26. The number of fused-ring (bicyclic) bond motifs is 1. The van der Waals surface area contributed by atoms with Gasteiger partial charge in [0.25, 0.3) is 5.91 Å². The fourth-order valence-electron chi connectivity index (χ4n) is 5.26. The minimum absolute atomic E-state index is 0.00850. The van der Waals surface area contributed by atoms with Crippen LogP contribution < -0.4 is 11.0 Å². The number of piperidine rings is 1. The Balaban J connectivity index is 1.47. The van der Waals surface area contributed by atoms with Crippen molar-refractivity contribution < 1.29 is 9.59 Å². The van der Waals surface area contributed by atoms with Crippen molar-refractivity contribution in [1.82, 2.24) is 14.0 Å². The second-order valence-electron chi connectivity index (χ2n) is 10.1. The van der Waals surface area contributed by atoms with Crippen LogP contribution in [-0.2, 0) is 17.9 Å². The minimum atomic E-state index is -0.183. The normalized spacial score (nSPS) is 18.1. The zero-order valence-electron chi connectivity index (χ0n) is 21.2. The fraction of sp³-hybridized carbons (Fsp3) is 0.464. The largest absolute Gasteiger partial charge is 0.338 e. The van der Waals surface area contributed by atoms with Gasteiger partial charge in [-0.15, -0.1) is 0 Å². The summed E-state index contributed by atoms with van der Waals surface area (Å²) in [5.74, 6) is 0.796. The molecule has 35 heavy (non-hydrogen) atoms. The van der Waals surface area contributed by atoms with Crippen molar-refractivity contribution in [3.05, 3.63) is 64.1 Å². The maximum absolute atomic E-state index is 13.1. The van der Waals surface area contributed by atoms with E-state index in [4.69, 9.17) is 0 Å². The summed E-state index contributed by atoms with van der Waals surface area (Å²) < 4.78 is 3.45. The van der Waals surface area contributed by atoms with Crippen molar-refractivity contribution in [1.29, 1.82) is 0 Å². The van der Waals surface area contributed by atoms with E-state index in [-0.39, 0.29) is 23.9 Å². The Bertz CT molecular complexity index is 1280. The number of hydrogen-bond acceptors (Lipinski definition) is 3. The Morgan fingerprint density at radius 3 is 2.23 bits per heavy atom. The van der Waals surface area contributed by atoms with E-state index < -0.39 is 0 Å². The molecule has 0 spiro atoms. The first-order valence-electron chi connectivity index (χ1n) is 12.7. The first-order valence-corrected chi connectivity index (χ1v) is 12.7. The van der Waals surface area contributed by atoms with Gasteiger partial charge in [0.2, 0.25) is 5.91 Å². The van der Waals surface area contributed by atoms with Crippen LogP contribution >= 0.6 is 0 Å². The Morgan fingerprint density at radius 2 is 1.60 bits per heavy atom. The molecule has 1 N–H and O–H groups in total. The van der Waals surface area contributed by atoms with Crippen LogP contribution in [0.15, 0.2) is 47.3 Å². The van der Waals surface area contributed by atoms with Crippen LogP contribution in [0.1, 0.15) is 56.0 Å². The highest BCUT2D eigenvalue weighted by atomic mass is 16.2. The SMILES string of the molecule is CCCn1c(=O)n(CCC(=O)Nc2cc(C(=O)N3CC(C)CC(C)C3)ccc2C)c2ccccc21.